The molecule has 1 aromatic rings. The van der Waals surface area contributed by atoms with Gasteiger partial charge >= 0.3 is 0 Å². The molecule has 0 radical (unpaired) electrons. The van der Waals surface area contributed by atoms with Crippen molar-refractivity contribution in [2.75, 3.05) is 26.7 Å². The number of ether oxygens (including phenoxy) is 1. The van der Waals surface area contributed by atoms with Crippen molar-refractivity contribution < 1.29 is 9.84 Å². The first kappa shape index (κ1) is 15.2. The molecule has 100 valence electrons. The van der Waals surface area contributed by atoms with Gasteiger partial charge in [-0.25, -0.2) is 0 Å². The van der Waals surface area contributed by atoms with Gasteiger partial charge in [-0.3, -0.25) is 0 Å². The zero-order chi connectivity index (χ0) is 13.2. The van der Waals surface area contributed by atoms with Crippen molar-refractivity contribution in [3.63, 3.8) is 0 Å². The highest BCUT2D eigenvalue weighted by molar-refractivity contribution is 6.25. The number of aliphatic hydroxyl groups excluding tert-OH is 1. The van der Waals surface area contributed by atoms with Crippen LogP contribution in [0.5, 0.6) is 0 Å². The number of likely N-dealkylation sites (N-methyl/N-ethyl adjacent to an activating group) is 1. The van der Waals surface area contributed by atoms with Gasteiger partial charge in [0.1, 0.15) is 0 Å². The molecule has 0 saturated carbocycles. The molecule has 1 N–H and O–H groups in total. The Balaban J connectivity index is 2.15. The number of hydrogen-bond donors (Lipinski definition) is 1. The Morgan fingerprint density at radius 3 is 2.78 bits per heavy atom. The summed E-state index contributed by atoms with van der Waals surface area (Å²) < 4.78 is 5.47. The van der Waals surface area contributed by atoms with E-state index in [0.29, 0.717) is 19.8 Å². The fourth-order valence-corrected chi connectivity index (χ4v) is 1.67. The summed E-state index contributed by atoms with van der Waals surface area (Å²) in [4.78, 5) is 1.98. The summed E-state index contributed by atoms with van der Waals surface area (Å²) in [6, 6.07) is 9.92. The first-order valence-electron chi connectivity index (χ1n) is 5.96. The summed E-state index contributed by atoms with van der Waals surface area (Å²) in [6.07, 6.45) is 1.35. The molecule has 0 fully saturated rings. The Kier molecular flexibility index (Phi) is 7.69. The lowest BCUT2D eigenvalue weighted by Gasteiger charge is -2.18. The highest BCUT2D eigenvalue weighted by atomic mass is 35.5. The van der Waals surface area contributed by atoms with Gasteiger partial charge in [0.25, 0.3) is 0 Å². The van der Waals surface area contributed by atoms with Crippen molar-refractivity contribution in [1.29, 1.82) is 0 Å². The van der Waals surface area contributed by atoms with Crippen LogP contribution in [-0.4, -0.2) is 42.9 Å². The number of benzene rings is 1. The molecule has 0 aliphatic rings. The normalized spacial score (nSPS) is 13.3. The number of nitrogens with zero attached hydrogens (tertiary/aromatic N) is 1. The van der Waals surface area contributed by atoms with Crippen LogP contribution in [0, 0.1) is 0 Å². The van der Waals surface area contributed by atoms with Gasteiger partial charge in [0.15, 0.2) is 0 Å². The predicted molar refractivity (Wildman–Crippen MR) is 74.6 cm³/mol. The minimum absolute atomic E-state index is 0.337. The summed E-state index contributed by atoms with van der Waals surface area (Å²) in [5.41, 5.74) is 2.59. The molecular weight excluding hydrogens is 250 g/mol. The number of rotatable bonds is 8. The van der Waals surface area contributed by atoms with Crippen molar-refractivity contribution in [2.45, 2.75) is 12.7 Å². The second-order valence-electron chi connectivity index (χ2n) is 4.24. The maximum absolute atomic E-state index is 9.77. The summed E-state index contributed by atoms with van der Waals surface area (Å²) in [6.45, 7) is 2.16. The van der Waals surface area contributed by atoms with Crippen LogP contribution in [0.3, 0.4) is 0 Å². The maximum Gasteiger partial charge on any atom is 0.0900 e. The average molecular weight is 270 g/mol. The standard InChI is InChI=1S/C14H20ClNO2/c1-16(9-5-8-15)10-14(17)12-18-11-13-6-3-2-4-7-13/h2-8,14,17H,9-12H2,1H3/b8-5+. The van der Waals surface area contributed by atoms with Crippen LogP contribution in [0.15, 0.2) is 41.9 Å². The Hall–Kier alpha value is -0.870. The summed E-state index contributed by atoms with van der Waals surface area (Å²) >= 11 is 5.44. The van der Waals surface area contributed by atoms with E-state index in [1.807, 2.05) is 48.4 Å². The molecule has 0 bridgehead atoms. The van der Waals surface area contributed by atoms with Gasteiger partial charge in [-0.2, -0.15) is 0 Å². The Bertz CT molecular complexity index is 343. The molecule has 18 heavy (non-hydrogen) atoms. The fourth-order valence-electron chi connectivity index (χ4n) is 1.59. The third kappa shape index (κ3) is 6.77. The molecule has 0 aliphatic carbocycles. The van der Waals surface area contributed by atoms with Gasteiger partial charge in [0.05, 0.1) is 19.3 Å². The zero-order valence-electron chi connectivity index (χ0n) is 10.6. The van der Waals surface area contributed by atoms with Crippen molar-refractivity contribution in [2.24, 2.45) is 0 Å². The van der Waals surface area contributed by atoms with Crippen LogP contribution in [0.1, 0.15) is 5.56 Å². The predicted octanol–water partition coefficient (Wildman–Crippen LogP) is 2.25. The zero-order valence-corrected chi connectivity index (χ0v) is 11.4. The van der Waals surface area contributed by atoms with Crippen LogP contribution >= 0.6 is 11.6 Å². The van der Waals surface area contributed by atoms with E-state index in [4.69, 9.17) is 16.3 Å². The van der Waals surface area contributed by atoms with Crippen molar-refractivity contribution in [3.05, 3.63) is 47.5 Å². The van der Waals surface area contributed by atoms with Crippen LogP contribution in [0.2, 0.25) is 0 Å². The molecule has 1 rings (SSSR count). The second-order valence-corrected chi connectivity index (χ2v) is 4.49. The molecule has 1 aromatic carbocycles. The number of aliphatic hydroxyl groups is 1. The molecule has 0 aliphatic heterocycles. The van der Waals surface area contributed by atoms with Gasteiger partial charge < -0.3 is 14.7 Å². The third-order valence-electron chi connectivity index (χ3n) is 2.45. The lowest BCUT2D eigenvalue weighted by Crippen LogP contribution is -2.32. The summed E-state index contributed by atoms with van der Waals surface area (Å²) in [5.74, 6) is 0. The van der Waals surface area contributed by atoms with E-state index in [0.717, 1.165) is 12.1 Å². The largest absolute Gasteiger partial charge is 0.389 e. The molecule has 0 amide bonds. The Morgan fingerprint density at radius 2 is 2.11 bits per heavy atom. The van der Waals surface area contributed by atoms with E-state index in [2.05, 4.69) is 0 Å². The Morgan fingerprint density at radius 1 is 1.39 bits per heavy atom. The topological polar surface area (TPSA) is 32.7 Å². The summed E-state index contributed by atoms with van der Waals surface area (Å²) in [5, 5.41) is 9.77. The molecule has 1 unspecified atom stereocenters. The molecular formula is C14H20ClNO2. The monoisotopic (exact) mass is 269 g/mol. The van der Waals surface area contributed by atoms with Gasteiger partial charge in [-0.15, -0.1) is 0 Å². The van der Waals surface area contributed by atoms with E-state index in [1.54, 1.807) is 0 Å². The molecule has 1 atom stereocenters. The van der Waals surface area contributed by atoms with E-state index >= 15 is 0 Å². The lowest BCUT2D eigenvalue weighted by molar-refractivity contribution is 0.0151. The average Bonchev–Trinajstić information content (AvgIpc) is 2.37. The highest BCUT2D eigenvalue weighted by Crippen LogP contribution is 2.01. The molecule has 3 nitrogen and oxygen atoms in total. The van der Waals surface area contributed by atoms with Crippen molar-refractivity contribution in [1.82, 2.24) is 4.90 Å². The molecule has 0 spiro atoms. The highest BCUT2D eigenvalue weighted by Gasteiger charge is 2.07. The van der Waals surface area contributed by atoms with Gasteiger partial charge in [-0.1, -0.05) is 48.0 Å². The van der Waals surface area contributed by atoms with Crippen LogP contribution in [0.25, 0.3) is 0 Å². The van der Waals surface area contributed by atoms with Crippen LogP contribution in [0.4, 0.5) is 0 Å². The van der Waals surface area contributed by atoms with Gasteiger partial charge in [0, 0.05) is 18.6 Å². The minimum atomic E-state index is -0.484. The third-order valence-corrected chi connectivity index (χ3v) is 2.63. The molecule has 0 aromatic heterocycles. The van der Waals surface area contributed by atoms with Crippen molar-refractivity contribution in [3.8, 4) is 0 Å². The quantitative estimate of drug-likeness (QED) is 0.786. The first-order chi connectivity index (χ1) is 8.72. The Labute approximate surface area is 114 Å². The number of hydrogen-bond acceptors (Lipinski definition) is 3. The van der Waals surface area contributed by atoms with Gasteiger partial charge in [-0.05, 0) is 12.6 Å². The summed E-state index contributed by atoms with van der Waals surface area (Å²) in [7, 11) is 1.93. The van der Waals surface area contributed by atoms with Crippen LogP contribution in [-0.2, 0) is 11.3 Å². The van der Waals surface area contributed by atoms with E-state index in [1.165, 1.54) is 5.54 Å². The van der Waals surface area contributed by atoms with Crippen LogP contribution < -0.4 is 0 Å². The van der Waals surface area contributed by atoms with E-state index < -0.39 is 6.10 Å². The smallest absolute Gasteiger partial charge is 0.0900 e. The molecule has 0 saturated heterocycles. The first-order valence-corrected chi connectivity index (χ1v) is 6.39. The fraction of sp³-hybridized carbons (Fsp3) is 0.429. The number of halogens is 1. The van der Waals surface area contributed by atoms with Gasteiger partial charge in [0.2, 0.25) is 0 Å². The lowest BCUT2D eigenvalue weighted by atomic mass is 10.2. The minimum Gasteiger partial charge on any atom is -0.389 e. The second kappa shape index (κ2) is 9.11. The van der Waals surface area contributed by atoms with Crippen molar-refractivity contribution >= 4 is 11.6 Å². The maximum atomic E-state index is 9.77. The van der Waals surface area contributed by atoms with E-state index in [-0.39, 0.29) is 0 Å². The molecule has 4 heteroatoms. The van der Waals surface area contributed by atoms with E-state index in [9.17, 15) is 5.11 Å². The SMILES string of the molecule is CN(C/C=C/Cl)CC(O)COCc1ccccc1. The molecule has 0 heterocycles.